The molecule has 2 rings (SSSR count). The average Bonchev–Trinajstić information content (AvgIpc) is 2.40. The predicted molar refractivity (Wildman–Crippen MR) is 72.0 cm³/mol. The fourth-order valence-corrected chi connectivity index (χ4v) is 1.76. The topological polar surface area (TPSA) is 61.0 Å². The number of aryl methyl sites for hydroxylation is 1. The monoisotopic (exact) mass is 297 g/mol. The summed E-state index contributed by atoms with van der Waals surface area (Å²) >= 11 is 0. The summed E-state index contributed by atoms with van der Waals surface area (Å²) in [6.45, 7) is 2.06. The van der Waals surface area contributed by atoms with E-state index in [1.165, 1.54) is 0 Å². The van der Waals surface area contributed by atoms with Gasteiger partial charge in [-0.2, -0.15) is 18.2 Å². The van der Waals surface area contributed by atoms with Crippen LogP contribution in [0.3, 0.4) is 0 Å². The number of halogens is 3. The fraction of sp³-hybridized carbons (Fsp3) is 0.286. The molecule has 0 saturated carbocycles. The summed E-state index contributed by atoms with van der Waals surface area (Å²) in [5.74, 6) is -1.46. The summed E-state index contributed by atoms with van der Waals surface area (Å²) < 4.78 is 43.1. The van der Waals surface area contributed by atoms with Crippen molar-refractivity contribution in [2.24, 2.45) is 0 Å². The van der Waals surface area contributed by atoms with Crippen molar-refractivity contribution < 1.29 is 17.9 Å². The van der Waals surface area contributed by atoms with Gasteiger partial charge in [-0.25, -0.2) is 4.98 Å². The first-order chi connectivity index (χ1) is 9.88. The molecule has 112 valence electrons. The fourth-order valence-electron chi connectivity index (χ4n) is 1.76. The number of benzene rings is 1. The average molecular weight is 297 g/mol. The van der Waals surface area contributed by atoms with E-state index in [9.17, 15) is 13.2 Å². The molecule has 1 aromatic heterocycles. The summed E-state index contributed by atoms with van der Waals surface area (Å²) in [4.78, 5) is 6.47. The van der Waals surface area contributed by atoms with Gasteiger partial charge in [-0.05, 0) is 24.1 Å². The lowest BCUT2D eigenvalue weighted by atomic mass is 10.1. The number of aromatic nitrogens is 2. The van der Waals surface area contributed by atoms with Gasteiger partial charge in [0.15, 0.2) is 0 Å². The van der Waals surface area contributed by atoms with E-state index in [4.69, 9.17) is 10.5 Å². The van der Waals surface area contributed by atoms with E-state index in [2.05, 4.69) is 16.9 Å². The van der Waals surface area contributed by atoms with Crippen molar-refractivity contribution in [2.75, 3.05) is 5.73 Å². The lowest BCUT2D eigenvalue weighted by Gasteiger charge is -2.09. The molecule has 0 radical (unpaired) electrons. The van der Waals surface area contributed by atoms with E-state index in [0.717, 1.165) is 24.5 Å². The van der Waals surface area contributed by atoms with Gasteiger partial charge in [-0.15, -0.1) is 0 Å². The molecule has 0 aliphatic heterocycles. The Balaban J connectivity index is 2.21. The first-order valence-electron chi connectivity index (χ1n) is 6.37. The molecular formula is C14H14F3N3O. The highest BCUT2D eigenvalue weighted by molar-refractivity contribution is 5.37. The smallest absolute Gasteiger partial charge is 0.439 e. The highest BCUT2D eigenvalue weighted by Crippen LogP contribution is 2.29. The zero-order valence-electron chi connectivity index (χ0n) is 11.3. The molecule has 1 heterocycles. The lowest BCUT2D eigenvalue weighted by Crippen LogP contribution is -2.12. The predicted octanol–water partition coefficient (Wildman–Crippen LogP) is 3.82. The number of nitrogens with two attached hydrogens (primary N) is 1. The maximum absolute atomic E-state index is 12.6. The van der Waals surface area contributed by atoms with Crippen molar-refractivity contribution in [3.63, 3.8) is 0 Å². The van der Waals surface area contributed by atoms with Crippen molar-refractivity contribution >= 4 is 5.82 Å². The number of nitrogen functional groups attached to an aromatic ring is 1. The second-order valence-corrected chi connectivity index (χ2v) is 4.45. The normalized spacial score (nSPS) is 11.4. The van der Waals surface area contributed by atoms with Gasteiger partial charge >= 0.3 is 6.18 Å². The Morgan fingerprint density at radius 3 is 2.38 bits per heavy atom. The highest BCUT2D eigenvalue weighted by Gasteiger charge is 2.35. The largest absolute Gasteiger partial charge is 0.451 e. The first-order valence-corrected chi connectivity index (χ1v) is 6.37. The SMILES string of the molecule is CCCc1ccc(Oc2cc(N)nc(C(F)(F)F)n2)cc1. The molecule has 0 spiro atoms. The van der Waals surface area contributed by atoms with Gasteiger partial charge in [-0.3, -0.25) is 0 Å². The van der Waals surface area contributed by atoms with Crippen LogP contribution in [0.4, 0.5) is 19.0 Å². The van der Waals surface area contributed by atoms with Crippen LogP contribution in [0.5, 0.6) is 11.6 Å². The summed E-state index contributed by atoms with van der Waals surface area (Å²) in [6.07, 6.45) is -2.73. The Hall–Kier alpha value is -2.31. The number of ether oxygens (including phenoxy) is 1. The van der Waals surface area contributed by atoms with Crippen LogP contribution >= 0.6 is 0 Å². The second kappa shape index (κ2) is 5.99. The van der Waals surface area contributed by atoms with E-state index in [-0.39, 0.29) is 11.7 Å². The zero-order valence-corrected chi connectivity index (χ0v) is 11.3. The Bertz CT molecular complexity index is 612. The minimum Gasteiger partial charge on any atom is -0.439 e. The van der Waals surface area contributed by atoms with E-state index < -0.39 is 12.0 Å². The van der Waals surface area contributed by atoms with E-state index in [0.29, 0.717) is 5.75 Å². The third-order valence-corrected chi connectivity index (χ3v) is 2.66. The number of rotatable bonds is 4. The molecule has 0 unspecified atom stereocenters. The van der Waals surface area contributed by atoms with Gasteiger partial charge < -0.3 is 10.5 Å². The molecule has 2 N–H and O–H groups in total. The van der Waals surface area contributed by atoms with Crippen LogP contribution in [0.1, 0.15) is 24.7 Å². The van der Waals surface area contributed by atoms with E-state index in [1.807, 2.05) is 12.1 Å². The molecule has 0 bridgehead atoms. The molecule has 0 fully saturated rings. The van der Waals surface area contributed by atoms with Gasteiger partial charge in [0, 0.05) is 6.07 Å². The van der Waals surface area contributed by atoms with Crippen molar-refractivity contribution in [1.29, 1.82) is 0 Å². The van der Waals surface area contributed by atoms with Gasteiger partial charge in [0.05, 0.1) is 0 Å². The van der Waals surface area contributed by atoms with Crippen molar-refractivity contribution in [1.82, 2.24) is 9.97 Å². The van der Waals surface area contributed by atoms with Crippen LogP contribution in [0, 0.1) is 0 Å². The summed E-state index contributed by atoms with van der Waals surface area (Å²) in [6, 6.07) is 8.21. The molecule has 2 aromatic rings. The maximum Gasteiger partial charge on any atom is 0.451 e. The molecule has 0 saturated heterocycles. The van der Waals surface area contributed by atoms with E-state index in [1.54, 1.807) is 12.1 Å². The molecule has 0 aliphatic rings. The number of hydrogen-bond donors (Lipinski definition) is 1. The van der Waals surface area contributed by atoms with Gasteiger partial charge in [-0.1, -0.05) is 25.5 Å². The van der Waals surface area contributed by atoms with Crippen LogP contribution in [0.15, 0.2) is 30.3 Å². The number of nitrogens with zero attached hydrogens (tertiary/aromatic N) is 2. The third kappa shape index (κ3) is 4.08. The van der Waals surface area contributed by atoms with Crippen LogP contribution in [-0.4, -0.2) is 9.97 Å². The van der Waals surface area contributed by atoms with Crippen LogP contribution in [0.2, 0.25) is 0 Å². The van der Waals surface area contributed by atoms with E-state index >= 15 is 0 Å². The number of alkyl halides is 3. The summed E-state index contributed by atoms with van der Waals surface area (Å²) in [5.41, 5.74) is 6.47. The Morgan fingerprint density at radius 2 is 1.81 bits per heavy atom. The lowest BCUT2D eigenvalue weighted by molar-refractivity contribution is -0.145. The molecule has 0 aliphatic carbocycles. The van der Waals surface area contributed by atoms with Crippen molar-refractivity contribution in [2.45, 2.75) is 25.9 Å². The first kappa shape index (κ1) is 15.1. The van der Waals surface area contributed by atoms with Crippen molar-refractivity contribution in [3.8, 4) is 11.6 Å². The Morgan fingerprint density at radius 1 is 1.14 bits per heavy atom. The van der Waals surface area contributed by atoms with Gasteiger partial charge in [0.2, 0.25) is 11.7 Å². The quantitative estimate of drug-likeness (QED) is 0.931. The molecule has 1 aromatic carbocycles. The van der Waals surface area contributed by atoms with Gasteiger partial charge in [0.25, 0.3) is 0 Å². The summed E-state index contributed by atoms with van der Waals surface area (Å²) in [5, 5.41) is 0. The molecule has 4 nitrogen and oxygen atoms in total. The number of hydrogen-bond acceptors (Lipinski definition) is 4. The second-order valence-electron chi connectivity index (χ2n) is 4.45. The molecule has 7 heteroatoms. The minimum absolute atomic E-state index is 0.238. The number of anilines is 1. The maximum atomic E-state index is 12.6. The molecule has 0 amide bonds. The van der Waals surface area contributed by atoms with Crippen LogP contribution < -0.4 is 10.5 Å². The zero-order chi connectivity index (χ0) is 15.5. The third-order valence-electron chi connectivity index (χ3n) is 2.66. The minimum atomic E-state index is -4.67. The Labute approximate surface area is 119 Å². The Kier molecular flexibility index (Phi) is 4.30. The molecular weight excluding hydrogens is 283 g/mol. The molecule has 0 atom stereocenters. The van der Waals surface area contributed by atoms with Crippen molar-refractivity contribution in [3.05, 3.63) is 41.7 Å². The van der Waals surface area contributed by atoms with Crippen LogP contribution in [0.25, 0.3) is 0 Å². The summed E-state index contributed by atoms with van der Waals surface area (Å²) in [7, 11) is 0. The highest BCUT2D eigenvalue weighted by atomic mass is 19.4. The molecule has 21 heavy (non-hydrogen) atoms. The standard InChI is InChI=1S/C14H14F3N3O/c1-2-3-9-4-6-10(7-5-9)21-12-8-11(18)19-13(20-12)14(15,16)17/h4-8H,2-3H2,1H3,(H2,18,19,20). The van der Waals surface area contributed by atoms with Crippen LogP contribution in [-0.2, 0) is 12.6 Å². The van der Waals surface area contributed by atoms with Gasteiger partial charge in [0.1, 0.15) is 11.6 Å².